The van der Waals surface area contributed by atoms with Gasteiger partial charge in [0.2, 0.25) is 0 Å². The molecule has 5 heteroatoms. The molecule has 0 aromatic heterocycles. The second-order valence-corrected chi connectivity index (χ2v) is 9.41. The van der Waals surface area contributed by atoms with Gasteiger partial charge in [-0.3, -0.25) is 9.59 Å². The van der Waals surface area contributed by atoms with Crippen molar-refractivity contribution in [1.29, 1.82) is 0 Å². The van der Waals surface area contributed by atoms with Crippen molar-refractivity contribution in [2.45, 2.75) is 47.8 Å². The van der Waals surface area contributed by atoms with Gasteiger partial charge in [0.15, 0.2) is 0 Å². The number of benzene rings is 2. The molecular formula is C25H28O5. The molecule has 0 spiro atoms. The zero-order valence-corrected chi connectivity index (χ0v) is 18.3. The minimum atomic E-state index is -0.866. The Morgan fingerprint density at radius 1 is 0.833 bits per heavy atom. The van der Waals surface area contributed by atoms with Crippen LogP contribution in [0, 0.1) is 10.8 Å². The monoisotopic (exact) mass is 408 g/mol. The number of esters is 2. The Morgan fingerprint density at radius 2 is 1.43 bits per heavy atom. The van der Waals surface area contributed by atoms with Crippen molar-refractivity contribution >= 4 is 23.6 Å². The number of hydrogen-bond donors (Lipinski definition) is 0. The topological polar surface area (TPSA) is 61.8 Å². The molecule has 2 aromatic rings. The van der Waals surface area contributed by atoms with Crippen molar-refractivity contribution < 1.29 is 23.8 Å². The first kappa shape index (κ1) is 21.6. The molecule has 1 atom stereocenters. The van der Waals surface area contributed by atoms with Gasteiger partial charge in [0.1, 0.15) is 11.5 Å². The molecule has 3 rings (SSSR count). The Labute approximate surface area is 177 Å². The molecular weight excluding hydrogens is 380 g/mol. The van der Waals surface area contributed by atoms with Crippen LogP contribution in [-0.4, -0.2) is 18.2 Å². The highest BCUT2D eigenvalue weighted by molar-refractivity contribution is 5.88. The highest BCUT2D eigenvalue weighted by Gasteiger charge is 2.32. The maximum Gasteiger partial charge on any atom is 0.316 e. The SMILES string of the molecule is CC(C)(C)C(=O)Oc1ccc(C2=Cc3ccccc3OC2OC(=O)C(C)(C)C)cc1. The van der Waals surface area contributed by atoms with E-state index in [4.69, 9.17) is 14.2 Å². The zero-order chi connectivity index (χ0) is 22.1. The highest BCUT2D eigenvalue weighted by atomic mass is 16.7. The van der Waals surface area contributed by atoms with Gasteiger partial charge in [-0.25, -0.2) is 0 Å². The standard InChI is InChI=1S/C25H28O5/c1-24(2,3)22(26)28-18-13-11-16(12-14-18)19-15-17-9-7-8-10-20(17)29-21(19)30-23(27)25(4,5)6/h7-15,21H,1-6H3. The number of carbonyl (C=O) groups excluding carboxylic acids is 2. The summed E-state index contributed by atoms with van der Waals surface area (Å²) in [6, 6.07) is 14.7. The summed E-state index contributed by atoms with van der Waals surface area (Å²) in [4.78, 5) is 24.6. The molecule has 158 valence electrons. The van der Waals surface area contributed by atoms with Gasteiger partial charge < -0.3 is 14.2 Å². The van der Waals surface area contributed by atoms with E-state index in [1.165, 1.54) is 0 Å². The molecule has 1 unspecified atom stereocenters. The average Bonchev–Trinajstić information content (AvgIpc) is 2.66. The van der Waals surface area contributed by atoms with Crippen molar-refractivity contribution in [2.75, 3.05) is 0 Å². The third-order valence-electron chi connectivity index (χ3n) is 4.55. The smallest absolute Gasteiger partial charge is 0.316 e. The first-order valence-electron chi connectivity index (χ1n) is 9.96. The molecule has 5 nitrogen and oxygen atoms in total. The number of ether oxygens (including phenoxy) is 3. The van der Waals surface area contributed by atoms with Crippen LogP contribution in [0.1, 0.15) is 52.7 Å². The fourth-order valence-electron chi connectivity index (χ4n) is 2.68. The van der Waals surface area contributed by atoms with E-state index in [1.807, 2.05) is 42.5 Å². The first-order valence-corrected chi connectivity index (χ1v) is 9.96. The van der Waals surface area contributed by atoms with E-state index in [-0.39, 0.29) is 11.9 Å². The van der Waals surface area contributed by atoms with Crippen molar-refractivity contribution in [1.82, 2.24) is 0 Å². The van der Waals surface area contributed by atoms with Gasteiger partial charge in [-0.1, -0.05) is 30.3 Å². The van der Waals surface area contributed by atoms with Crippen LogP contribution in [0.4, 0.5) is 0 Å². The second-order valence-electron chi connectivity index (χ2n) is 9.41. The number of rotatable bonds is 3. The van der Waals surface area contributed by atoms with Gasteiger partial charge in [-0.2, -0.15) is 0 Å². The minimum absolute atomic E-state index is 0.304. The Hall–Kier alpha value is -3.08. The summed E-state index contributed by atoms with van der Waals surface area (Å²) in [6.45, 7) is 10.8. The lowest BCUT2D eigenvalue weighted by atomic mass is 9.96. The normalized spacial score (nSPS) is 16.1. The maximum atomic E-state index is 12.5. The molecule has 30 heavy (non-hydrogen) atoms. The van der Waals surface area contributed by atoms with Gasteiger partial charge in [0.25, 0.3) is 6.29 Å². The van der Waals surface area contributed by atoms with Gasteiger partial charge in [0, 0.05) is 11.1 Å². The number of fused-ring (bicyclic) bond motifs is 1. The van der Waals surface area contributed by atoms with Crippen LogP contribution in [0.15, 0.2) is 48.5 Å². The Balaban J connectivity index is 1.91. The van der Waals surface area contributed by atoms with Crippen LogP contribution in [0.2, 0.25) is 0 Å². The second kappa shape index (κ2) is 7.98. The summed E-state index contributed by atoms with van der Waals surface area (Å²) in [5.74, 6) is 0.457. The van der Waals surface area contributed by atoms with E-state index < -0.39 is 17.1 Å². The third kappa shape index (κ3) is 4.90. The first-order chi connectivity index (χ1) is 13.9. The molecule has 1 aliphatic heterocycles. The molecule has 0 bridgehead atoms. The van der Waals surface area contributed by atoms with Crippen molar-refractivity contribution in [2.24, 2.45) is 10.8 Å². The molecule has 0 N–H and O–H groups in total. The summed E-state index contributed by atoms with van der Waals surface area (Å²) in [6.07, 6.45) is 1.09. The minimum Gasteiger partial charge on any atom is -0.450 e. The fraction of sp³-hybridized carbons (Fsp3) is 0.360. The van der Waals surface area contributed by atoms with Crippen LogP contribution >= 0.6 is 0 Å². The van der Waals surface area contributed by atoms with E-state index >= 15 is 0 Å². The summed E-state index contributed by atoms with van der Waals surface area (Å²) < 4.78 is 17.2. The lowest BCUT2D eigenvalue weighted by Gasteiger charge is -2.29. The summed E-state index contributed by atoms with van der Waals surface area (Å²) in [7, 11) is 0. The third-order valence-corrected chi connectivity index (χ3v) is 4.55. The Bertz CT molecular complexity index is 972. The highest BCUT2D eigenvalue weighted by Crippen LogP contribution is 2.36. The molecule has 0 amide bonds. The van der Waals surface area contributed by atoms with Crippen LogP contribution in [0.25, 0.3) is 11.6 Å². The average molecular weight is 408 g/mol. The molecule has 0 fully saturated rings. The lowest BCUT2D eigenvalue weighted by Crippen LogP contribution is -2.33. The van der Waals surface area contributed by atoms with E-state index in [1.54, 1.807) is 53.7 Å². The summed E-state index contributed by atoms with van der Waals surface area (Å²) >= 11 is 0. The number of carbonyl (C=O) groups is 2. The van der Waals surface area contributed by atoms with E-state index in [9.17, 15) is 9.59 Å². The van der Waals surface area contributed by atoms with Crippen molar-refractivity contribution in [3.05, 3.63) is 59.7 Å². The van der Waals surface area contributed by atoms with E-state index in [2.05, 4.69) is 0 Å². The molecule has 0 radical (unpaired) electrons. The molecule has 1 heterocycles. The number of para-hydroxylation sites is 1. The maximum absolute atomic E-state index is 12.5. The molecule has 2 aromatic carbocycles. The van der Waals surface area contributed by atoms with Crippen molar-refractivity contribution in [3.63, 3.8) is 0 Å². The van der Waals surface area contributed by atoms with E-state index in [0.29, 0.717) is 11.5 Å². The lowest BCUT2D eigenvalue weighted by molar-refractivity contribution is -0.166. The van der Waals surface area contributed by atoms with Gasteiger partial charge in [-0.05, 0) is 71.4 Å². The fourth-order valence-corrected chi connectivity index (χ4v) is 2.68. The number of hydrogen-bond acceptors (Lipinski definition) is 5. The molecule has 0 saturated heterocycles. The predicted octanol–water partition coefficient (Wildman–Crippen LogP) is 5.49. The predicted molar refractivity (Wildman–Crippen MR) is 116 cm³/mol. The zero-order valence-electron chi connectivity index (χ0n) is 18.3. The van der Waals surface area contributed by atoms with Crippen LogP contribution in [-0.2, 0) is 14.3 Å². The molecule has 0 saturated carbocycles. The van der Waals surface area contributed by atoms with E-state index in [0.717, 1.165) is 16.7 Å². The van der Waals surface area contributed by atoms with Gasteiger partial charge in [-0.15, -0.1) is 0 Å². The van der Waals surface area contributed by atoms with Crippen molar-refractivity contribution in [3.8, 4) is 11.5 Å². The van der Waals surface area contributed by atoms with Gasteiger partial charge >= 0.3 is 11.9 Å². The van der Waals surface area contributed by atoms with Crippen LogP contribution in [0.5, 0.6) is 11.5 Å². The largest absolute Gasteiger partial charge is 0.450 e. The van der Waals surface area contributed by atoms with Gasteiger partial charge in [0.05, 0.1) is 10.8 Å². The quantitative estimate of drug-likeness (QED) is 0.497. The molecule has 1 aliphatic rings. The molecule has 0 aliphatic carbocycles. The Kier molecular flexibility index (Phi) is 5.75. The Morgan fingerprint density at radius 3 is 2.03 bits per heavy atom. The van der Waals surface area contributed by atoms with Crippen LogP contribution < -0.4 is 9.47 Å². The summed E-state index contributed by atoms with van der Waals surface area (Å²) in [5.41, 5.74) is 1.19. The van der Waals surface area contributed by atoms with Crippen LogP contribution in [0.3, 0.4) is 0 Å². The summed E-state index contributed by atoms with van der Waals surface area (Å²) in [5, 5.41) is 0.